The minimum atomic E-state index is -1.00. The number of aliphatic carboxylic acids is 1. The van der Waals surface area contributed by atoms with E-state index >= 15 is 0 Å². The van der Waals surface area contributed by atoms with Gasteiger partial charge in [-0.25, -0.2) is 4.79 Å². The van der Waals surface area contributed by atoms with Crippen molar-refractivity contribution < 1.29 is 14.7 Å². The molecule has 0 aromatic heterocycles. The van der Waals surface area contributed by atoms with Crippen LogP contribution in [0.25, 0.3) is 0 Å². The molecule has 1 aliphatic heterocycles. The number of urea groups is 1. The zero-order valence-corrected chi connectivity index (χ0v) is 11.5. The summed E-state index contributed by atoms with van der Waals surface area (Å²) in [6.45, 7) is 7.32. The lowest BCUT2D eigenvalue weighted by atomic mass is 9.74. The second-order valence-electron chi connectivity index (χ2n) is 5.20. The number of nitrogens with zero attached hydrogens (tertiary/aromatic N) is 1. The van der Waals surface area contributed by atoms with Crippen molar-refractivity contribution >= 4 is 12.0 Å². The van der Waals surface area contributed by atoms with Crippen LogP contribution in [0.4, 0.5) is 4.79 Å². The summed E-state index contributed by atoms with van der Waals surface area (Å²) < 4.78 is 0. The number of nitrogens with one attached hydrogen (secondary N) is 1. The maximum Gasteiger partial charge on any atom is 0.325 e. The predicted molar refractivity (Wildman–Crippen MR) is 69.5 cm³/mol. The molecular weight excluding hydrogens is 232 g/mol. The van der Waals surface area contributed by atoms with Gasteiger partial charge in [0.2, 0.25) is 0 Å². The summed E-state index contributed by atoms with van der Waals surface area (Å²) >= 11 is 0. The van der Waals surface area contributed by atoms with Crippen LogP contribution in [0.15, 0.2) is 0 Å². The van der Waals surface area contributed by atoms with Gasteiger partial charge >= 0.3 is 12.0 Å². The Morgan fingerprint density at radius 2 is 1.78 bits per heavy atom. The number of piperidine rings is 1. The molecule has 0 aromatic carbocycles. The van der Waals surface area contributed by atoms with Crippen LogP contribution in [0.2, 0.25) is 0 Å². The highest BCUT2D eigenvalue weighted by molar-refractivity contribution is 5.82. The monoisotopic (exact) mass is 256 g/mol. The van der Waals surface area contributed by atoms with E-state index in [9.17, 15) is 9.59 Å². The van der Waals surface area contributed by atoms with Crippen LogP contribution < -0.4 is 5.32 Å². The van der Waals surface area contributed by atoms with Gasteiger partial charge in [-0.05, 0) is 25.2 Å². The molecule has 0 bridgehead atoms. The molecule has 0 radical (unpaired) electrons. The summed E-state index contributed by atoms with van der Waals surface area (Å²) in [5.74, 6) is -1.00. The Kier molecular flexibility index (Phi) is 4.99. The molecule has 5 heteroatoms. The smallest absolute Gasteiger partial charge is 0.325 e. The Morgan fingerprint density at radius 3 is 2.17 bits per heavy atom. The largest absolute Gasteiger partial charge is 0.480 e. The minimum Gasteiger partial charge on any atom is -0.480 e. The molecular formula is C13H24N2O3. The number of carboxylic acids is 1. The molecule has 2 amide bonds. The molecule has 104 valence electrons. The van der Waals surface area contributed by atoms with Gasteiger partial charge in [0.25, 0.3) is 0 Å². The normalized spacial score (nSPS) is 20.3. The molecule has 18 heavy (non-hydrogen) atoms. The Morgan fingerprint density at radius 1 is 1.28 bits per heavy atom. The number of carbonyl (C=O) groups is 2. The van der Waals surface area contributed by atoms with Gasteiger partial charge in [0.05, 0.1) is 0 Å². The number of hydrogen-bond donors (Lipinski definition) is 2. The van der Waals surface area contributed by atoms with Crippen LogP contribution in [0.1, 0.15) is 46.5 Å². The van der Waals surface area contributed by atoms with Gasteiger partial charge < -0.3 is 15.3 Å². The van der Waals surface area contributed by atoms with Crippen LogP contribution in [-0.2, 0) is 4.79 Å². The van der Waals surface area contributed by atoms with Gasteiger partial charge in [0.15, 0.2) is 0 Å². The number of carboxylic acid groups (broad SMARTS) is 1. The number of likely N-dealkylation sites (tertiary alicyclic amines) is 1. The molecule has 2 N–H and O–H groups in total. The van der Waals surface area contributed by atoms with Crippen LogP contribution in [0.5, 0.6) is 0 Å². The third kappa shape index (κ3) is 3.37. The van der Waals surface area contributed by atoms with Gasteiger partial charge in [-0.1, -0.05) is 26.7 Å². The second kappa shape index (κ2) is 6.07. The fraction of sp³-hybridized carbons (Fsp3) is 0.846. The molecule has 1 atom stereocenters. The number of carbonyl (C=O) groups excluding carboxylic acids is 1. The molecule has 1 rings (SSSR count). The second-order valence-corrected chi connectivity index (χ2v) is 5.20. The van der Waals surface area contributed by atoms with Gasteiger partial charge in [-0.2, -0.15) is 0 Å². The highest BCUT2D eigenvalue weighted by atomic mass is 16.4. The molecule has 1 saturated heterocycles. The predicted octanol–water partition coefficient (Wildman–Crippen LogP) is 2.07. The van der Waals surface area contributed by atoms with Crippen molar-refractivity contribution in [1.29, 1.82) is 0 Å². The molecule has 0 aromatic rings. The van der Waals surface area contributed by atoms with Crippen molar-refractivity contribution in [2.24, 2.45) is 5.41 Å². The molecule has 0 spiro atoms. The Balaban J connectivity index is 2.48. The van der Waals surface area contributed by atoms with Crippen molar-refractivity contribution in [2.45, 2.75) is 52.5 Å². The van der Waals surface area contributed by atoms with E-state index in [2.05, 4.69) is 19.2 Å². The summed E-state index contributed by atoms with van der Waals surface area (Å²) in [7, 11) is 0. The third-order valence-corrected chi connectivity index (χ3v) is 4.32. The summed E-state index contributed by atoms with van der Waals surface area (Å²) in [6.07, 6.45) is 4.30. The van der Waals surface area contributed by atoms with E-state index in [4.69, 9.17) is 5.11 Å². The first kappa shape index (κ1) is 14.8. The summed E-state index contributed by atoms with van der Waals surface area (Å²) in [4.78, 5) is 24.3. The van der Waals surface area contributed by atoms with Gasteiger partial charge in [0.1, 0.15) is 6.04 Å². The zero-order chi connectivity index (χ0) is 13.8. The number of rotatable bonds is 4. The van der Waals surface area contributed by atoms with E-state index in [1.807, 2.05) is 0 Å². The molecule has 1 heterocycles. The molecule has 0 unspecified atom stereocenters. The van der Waals surface area contributed by atoms with Crippen molar-refractivity contribution in [3.63, 3.8) is 0 Å². The van der Waals surface area contributed by atoms with E-state index in [0.717, 1.165) is 38.8 Å². The standard InChI is InChI=1S/C13H24N2O3/c1-4-13(5-2)6-8-15(9-7-13)12(18)14-10(3)11(16)17/h10H,4-9H2,1-3H3,(H,14,18)(H,16,17)/t10-/m1/s1. The summed E-state index contributed by atoms with van der Waals surface area (Å²) in [6, 6.07) is -1.09. The lowest BCUT2D eigenvalue weighted by Crippen LogP contribution is -2.50. The molecule has 1 aliphatic rings. The first-order valence-corrected chi connectivity index (χ1v) is 6.72. The first-order valence-electron chi connectivity index (χ1n) is 6.72. The number of hydrogen-bond acceptors (Lipinski definition) is 2. The Hall–Kier alpha value is -1.26. The quantitative estimate of drug-likeness (QED) is 0.809. The van der Waals surface area contributed by atoms with Crippen LogP contribution in [0.3, 0.4) is 0 Å². The minimum absolute atomic E-state index is 0.259. The number of amides is 2. The van der Waals surface area contributed by atoms with Crippen molar-refractivity contribution in [3.8, 4) is 0 Å². The summed E-state index contributed by atoms with van der Waals surface area (Å²) in [5, 5.41) is 11.3. The van der Waals surface area contributed by atoms with Crippen molar-refractivity contribution in [1.82, 2.24) is 10.2 Å². The average Bonchev–Trinajstić information content (AvgIpc) is 2.38. The average molecular weight is 256 g/mol. The lowest BCUT2D eigenvalue weighted by Gasteiger charge is -2.41. The molecule has 5 nitrogen and oxygen atoms in total. The van der Waals surface area contributed by atoms with Crippen LogP contribution >= 0.6 is 0 Å². The topological polar surface area (TPSA) is 69.6 Å². The fourth-order valence-electron chi connectivity index (χ4n) is 2.48. The highest BCUT2D eigenvalue weighted by Gasteiger charge is 2.33. The Bertz CT molecular complexity index is 303. The van der Waals surface area contributed by atoms with Gasteiger partial charge in [-0.3, -0.25) is 4.79 Å². The van der Waals surface area contributed by atoms with E-state index in [0.29, 0.717) is 5.41 Å². The first-order chi connectivity index (χ1) is 8.44. The Labute approximate surface area is 109 Å². The zero-order valence-electron chi connectivity index (χ0n) is 11.5. The maximum absolute atomic E-state index is 11.9. The summed E-state index contributed by atoms with van der Waals surface area (Å²) in [5.41, 5.74) is 0.370. The molecule has 0 aliphatic carbocycles. The van der Waals surface area contributed by atoms with E-state index in [1.54, 1.807) is 4.90 Å². The van der Waals surface area contributed by atoms with Crippen LogP contribution in [-0.4, -0.2) is 41.1 Å². The fourth-order valence-corrected chi connectivity index (χ4v) is 2.48. The molecule has 0 saturated carbocycles. The highest BCUT2D eigenvalue weighted by Crippen LogP contribution is 2.37. The van der Waals surface area contributed by atoms with E-state index in [-0.39, 0.29) is 6.03 Å². The SMILES string of the molecule is CCC1(CC)CCN(C(=O)N[C@H](C)C(=O)O)CC1. The van der Waals surface area contributed by atoms with E-state index in [1.165, 1.54) is 6.92 Å². The van der Waals surface area contributed by atoms with Gasteiger partial charge in [-0.15, -0.1) is 0 Å². The van der Waals surface area contributed by atoms with Crippen LogP contribution in [0, 0.1) is 5.41 Å². The molecule has 1 fully saturated rings. The lowest BCUT2D eigenvalue weighted by molar-refractivity contribution is -0.138. The maximum atomic E-state index is 11.9. The van der Waals surface area contributed by atoms with Crippen molar-refractivity contribution in [3.05, 3.63) is 0 Å². The van der Waals surface area contributed by atoms with E-state index < -0.39 is 12.0 Å². The van der Waals surface area contributed by atoms with Gasteiger partial charge in [0, 0.05) is 13.1 Å². The van der Waals surface area contributed by atoms with Crippen molar-refractivity contribution in [2.75, 3.05) is 13.1 Å². The third-order valence-electron chi connectivity index (χ3n) is 4.32.